The minimum atomic E-state index is -0.338. The van der Waals surface area contributed by atoms with Gasteiger partial charge in [0.25, 0.3) is 0 Å². The predicted molar refractivity (Wildman–Crippen MR) is 76.3 cm³/mol. The first-order valence-electron chi connectivity index (χ1n) is 6.38. The molecular weight excluding hydrogens is 244 g/mol. The molecule has 5 heteroatoms. The summed E-state index contributed by atoms with van der Waals surface area (Å²) in [6.07, 6.45) is 0. The highest BCUT2D eigenvalue weighted by Crippen LogP contribution is 2.21. The van der Waals surface area contributed by atoms with Crippen LogP contribution in [0.5, 0.6) is 0 Å². The molecule has 0 radical (unpaired) electrons. The molecule has 3 N–H and O–H groups in total. The average molecular weight is 266 g/mol. The summed E-state index contributed by atoms with van der Waals surface area (Å²) in [6, 6.07) is 5.08. The van der Waals surface area contributed by atoms with Gasteiger partial charge in [0.2, 0.25) is 0 Å². The third-order valence-corrected chi connectivity index (χ3v) is 2.66. The molecule has 19 heavy (non-hydrogen) atoms. The minimum Gasteiger partial charge on any atom is -0.462 e. The Labute approximate surface area is 114 Å². The second-order valence-electron chi connectivity index (χ2n) is 4.46. The van der Waals surface area contributed by atoms with E-state index in [1.54, 1.807) is 32.2 Å². The lowest BCUT2D eigenvalue weighted by Gasteiger charge is -2.15. The SMILES string of the molecule is CCOC(=O)c1ccc(N)c(NCC(C)COC)c1. The van der Waals surface area contributed by atoms with Crippen LogP contribution in [0.3, 0.4) is 0 Å². The third kappa shape index (κ3) is 4.79. The van der Waals surface area contributed by atoms with Crippen LogP contribution in [0.2, 0.25) is 0 Å². The van der Waals surface area contributed by atoms with Crippen molar-refractivity contribution in [3.05, 3.63) is 23.8 Å². The highest BCUT2D eigenvalue weighted by atomic mass is 16.5. The van der Waals surface area contributed by atoms with E-state index in [1.165, 1.54) is 0 Å². The predicted octanol–water partition coefficient (Wildman–Crippen LogP) is 2.14. The summed E-state index contributed by atoms with van der Waals surface area (Å²) in [7, 11) is 1.67. The number of methoxy groups -OCH3 is 1. The molecule has 1 aromatic rings. The van der Waals surface area contributed by atoms with Gasteiger partial charge in [-0.05, 0) is 31.0 Å². The molecule has 0 bridgehead atoms. The molecule has 106 valence electrons. The Balaban J connectivity index is 2.71. The van der Waals surface area contributed by atoms with E-state index in [-0.39, 0.29) is 5.97 Å². The number of carbonyl (C=O) groups is 1. The first kappa shape index (κ1) is 15.3. The smallest absolute Gasteiger partial charge is 0.338 e. The molecule has 1 atom stereocenters. The Morgan fingerprint density at radius 2 is 2.21 bits per heavy atom. The molecule has 0 saturated carbocycles. The second-order valence-corrected chi connectivity index (χ2v) is 4.46. The summed E-state index contributed by atoms with van der Waals surface area (Å²) in [4.78, 5) is 11.6. The Bertz CT molecular complexity index is 421. The third-order valence-electron chi connectivity index (χ3n) is 2.66. The van der Waals surface area contributed by atoms with Gasteiger partial charge in [-0.15, -0.1) is 0 Å². The van der Waals surface area contributed by atoms with Crippen molar-refractivity contribution in [2.75, 3.05) is 37.9 Å². The normalized spacial score (nSPS) is 11.9. The molecule has 1 aromatic carbocycles. The van der Waals surface area contributed by atoms with Gasteiger partial charge in [0.1, 0.15) is 0 Å². The van der Waals surface area contributed by atoms with Gasteiger partial charge < -0.3 is 20.5 Å². The molecule has 0 aromatic heterocycles. The van der Waals surface area contributed by atoms with Crippen molar-refractivity contribution in [2.45, 2.75) is 13.8 Å². The molecular formula is C14H22N2O3. The molecule has 0 fully saturated rings. The van der Waals surface area contributed by atoms with E-state index in [0.29, 0.717) is 30.4 Å². The lowest BCUT2D eigenvalue weighted by molar-refractivity contribution is 0.0526. The molecule has 0 aliphatic heterocycles. The molecule has 0 heterocycles. The maximum absolute atomic E-state index is 11.6. The van der Waals surface area contributed by atoms with Gasteiger partial charge in [0, 0.05) is 13.7 Å². The first-order chi connectivity index (χ1) is 9.08. The average Bonchev–Trinajstić information content (AvgIpc) is 2.38. The van der Waals surface area contributed by atoms with E-state index in [2.05, 4.69) is 12.2 Å². The fourth-order valence-electron chi connectivity index (χ4n) is 1.68. The van der Waals surface area contributed by atoms with Gasteiger partial charge in [0.15, 0.2) is 0 Å². The number of nitrogens with two attached hydrogens (primary N) is 1. The summed E-state index contributed by atoms with van der Waals surface area (Å²) in [5, 5.41) is 3.22. The number of benzene rings is 1. The van der Waals surface area contributed by atoms with Gasteiger partial charge in [-0.25, -0.2) is 4.79 Å². The minimum absolute atomic E-state index is 0.338. The lowest BCUT2D eigenvalue weighted by Crippen LogP contribution is -2.17. The Morgan fingerprint density at radius 3 is 2.84 bits per heavy atom. The second kappa shape index (κ2) is 7.63. The Hall–Kier alpha value is -1.75. The van der Waals surface area contributed by atoms with Crippen molar-refractivity contribution >= 4 is 17.3 Å². The largest absolute Gasteiger partial charge is 0.462 e. The molecule has 0 aliphatic rings. The fraction of sp³-hybridized carbons (Fsp3) is 0.500. The fourth-order valence-corrected chi connectivity index (χ4v) is 1.68. The quantitative estimate of drug-likeness (QED) is 0.584. The zero-order valence-corrected chi connectivity index (χ0v) is 11.7. The van der Waals surface area contributed by atoms with E-state index in [1.807, 2.05) is 0 Å². The van der Waals surface area contributed by atoms with Crippen LogP contribution in [-0.4, -0.2) is 32.8 Å². The van der Waals surface area contributed by atoms with Crippen molar-refractivity contribution in [3.8, 4) is 0 Å². The topological polar surface area (TPSA) is 73.6 Å². The van der Waals surface area contributed by atoms with Crippen molar-refractivity contribution in [1.29, 1.82) is 0 Å². The highest BCUT2D eigenvalue weighted by molar-refractivity contribution is 5.92. The summed E-state index contributed by atoms with van der Waals surface area (Å²) in [6.45, 7) is 5.61. The molecule has 0 spiro atoms. The zero-order valence-electron chi connectivity index (χ0n) is 11.7. The number of esters is 1. The van der Waals surface area contributed by atoms with E-state index in [0.717, 1.165) is 12.2 Å². The van der Waals surface area contributed by atoms with E-state index in [4.69, 9.17) is 15.2 Å². The molecule has 0 amide bonds. The van der Waals surface area contributed by atoms with Crippen LogP contribution in [0.25, 0.3) is 0 Å². The Kier molecular flexibility index (Phi) is 6.15. The molecule has 0 aliphatic carbocycles. The number of hydrogen-bond donors (Lipinski definition) is 2. The van der Waals surface area contributed by atoms with Gasteiger partial charge in [-0.2, -0.15) is 0 Å². The first-order valence-corrected chi connectivity index (χ1v) is 6.38. The van der Waals surface area contributed by atoms with Crippen LogP contribution in [0.4, 0.5) is 11.4 Å². The summed E-state index contributed by atoms with van der Waals surface area (Å²) >= 11 is 0. The van der Waals surface area contributed by atoms with E-state index < -0.39 is 0 Å². The van der Waals surface area contributed by atoms with Crippen molar-refractivity contribution in [2.24, 2.45) is 5.92 Å². The van der Waals surface area contributed by atoms with Gasteiger partial charge in [0.05, 0.1) is 30.2 Å². The maximum atomic E-state index is 11.6. The summed E-state index contributed by atoms with van der Waals surface area (Å²) < 4.78 is 10.0. The number of ether oxygens (including phenoxy) is 2. The summed E-state index contributed by atoms with van der Waals surface area (Å²) in [5.41, 5.74) is 7.73. The van der Waals surface area contributed by atoms with Crippen LogP contribution >= 0.6 is 0 Å². The van der Waals surface area contributed by atoms with Crippen LogP contribution < -0.4 is 11.1 Å². The Morgan fingerprint density at radius 1 is 1.47 bits per heavy atom. The monoisotopic (exact) mass is 266 g/mol. The molecule has 5 nitrogen and oxygen atoms in total. The lowest BCUT2D eigenvalue weighted by atomic mass is 10.1. The van der Waals surface area contributed by atoms with E-state index >= 15 is 0 Å². The van der Waals surface area contributed by atoms with Gasteiger partial charge in [-0.3, -0.25) is 0 Å². The van der Waals surface area contributed by atoms with E-state index in [9.17, 15) is 4.79 Å². The van der Waals surface area contributed by atoms with Crippen LogP contribution in [-0.2, 0) is 9.47 Å². The highest BCUT2D eigenvalue weighted by Gasteiger charge is 2.10. The molecule has 1 rings (SSSR count). The van der Waals surface area contributed by atoms with Gasteiger partial charge >= 0.3 is 5.97 Å². The number of anilines is 2. The molecule has 1 unspecified atom stereocenters. The van der Waals surface area contributed by atoms with Crippen molar-refractivity contribution in [3.63, 3.8) is 0 Å². The van der Waals surface area contributed by atoms with Crippen LogP contribution in [0.1, 0.15) is 24.2 Å². The molecule has 0 saturated heterocycles. The maximum Gasteiger partial charge on any atom is 0.338 e. The van der Waals surface area contributed by atoms with Gasteiger partial charge in [-0.1, -0.05) is 6.92 Å². The zero-order chi connectivity index (χ0) is 14.3. The number of rotatable bonds is 7. The standard InChI is InChI=1S/C14H22N2O3/c1-4-19-14(17)11-5-6-12(15)13(7-11)16-8-10(2)9-18-3/h5-7,10,16H,4,8-9,15H2,1-3H3. The van der Waals surface area contributed by atoms with Crippen molar-refractivity contribution < 1.29 is 14.3 Å². The van der Waals surface area contributed by atoms with Crippen molar-refractivity contribution in [1.82, 2.24) is 0 Å². The van der Waals surface area contributed by atoms with Crippen LogP contribution in [0.15, 0.2) is 18.2 Å². The number of carbonyl (C=O) groups excluding carboxylic acids is 1. The van der Waals surface area contributed by atoms with Crippen LogP contribution in [0, 0.1) is 5.92 Å². The number of hydrogen-bond acceptors (Lipinski definition) is 5. The summed E-state index contributed by atoms with van der Waals surface area (Å²) in [5.74, 6) is 0.0196. The number of nitrogen functional groups attached to an aromatic ring is 1. The number of nitrogens with one attached hydrogen (secondary N) is 1.